The molecule has 0 aromatic carbocycles. The first-order valence-corrected chi connectivity index (χ1v) is 8.39. The van der Waals surface area contributed by atoms with Crippen LogP contribution in [0.4, 0.5) is 0 Å². The summed E-state index contributed by atoms with van der Waals surface area (Å²) in [6.45, 7) is 8.21. The number of furan rings is 1. The van der Waals surface area contributed by atoms with Gasteiger partial charge in [0.2, 0.25) is 0 Å². The Bertz CT molecular complexity index is 577. The summed E-state index contributed by atoms with van der Waals surface area (Å²) in [4.78, 5) is 23.5. The van der Waals surface area contributed by atoms with Crippen molar-refractivity contribution in [1.82, 2.24) is 0 Å². The van der Waals surface area contributed by atoms with Gasteiger partial charge in [-0.25, -0.2) is 4.79 Å². The Morgan fingerprint density at radius 2 is 2.00 bits per heavy atom. The van der Waals surface area contributed by atoms with Crippen molar-refractivity contribution in [2.75, 3.05) is 0 Å². The lowest BCUT2D eigenvalue weighted by molar-refractivity contribution is -0.139. The third kappa shape index (κ3) is 9.13. The molecule has 1 heterocycles. The quantitative estimate of drug-likeness (QED) is 0.344. The highest BCUT2D eigenvalue weighted by molar-refractivity contribution is 5.82. The standard InChI is InChI=1S/C20H28O4/c1-15(2)10-19(21)11-16(3)6-5-7-17(4)12-20(22)24-14-18-8-9-23-13-18/h6,8-9,12-13,15H,5,7,10-11,14H2,1-4H3/b16-6+,17-12+. The second kappa shape index (κ2) is 10.6. The van der Waals surface area contributed by atoms with E-state index in [2.05, 4.69) is 19.9 Å². The van der Waals surface area contributed by atoms with E-state index in [1.165, 1.54) is 6.08 Å². The van der Waals surface area contributed by atoms with Gasteiger partial charge < -0.3 is 9.15 Å². The second-order valence-corrected chi connectivity index (χ2v) is 6.63. The van der Waals surface area contributed by atoms with E-state index in [0.717, 1.165) is 29.6 Å². The Morgan fingerprint density at radius 3 is 2.62 bits per heavy atom. The Kier molecular flexibility index (Phi) is 8.84. The molecule has 0 amide bonds. The van der Waals surface area contributed by atoms with Gasteiger partial charge in [0.05, 0.1) is 12.5 Å². The molecule has 4 heteroatoms. The molecule has 0 spiro atoms. The van der Waals surface area contributed by atoms with E-state index in [4.69, 9.17) is 9.15 Å². The number of carbonyl (C=O) groups excluding carboxylic acids is 2. The number of allylic oxidation sites excluding steroid dienone is 3. The number of carbonyl (C=O) groups is 2. The summed E-state index contributed by atoms with van der Waals surface area (Å²) in [6.07, 6.45) is 9.44. The minimum atomic E-state index is -0.346. The molecule has 0 unspecified atom stereocenters. The number of hydrogen-bond donors (Lipinski definition) is 0. The molecule has 0 fully saturated rings. The molecule has 24 heavy (non-hydrogen) atoms. The average Bonchev–Trinajstić information content (AvgIpc) is 2.97. The fourth-order valence-electron chi connectivity index (χ4n) is 2.30. The van der Waals surface area contributed by atoms with E-state index in [0.29, 0.717) is 18.8 Å². The monoisotopic (exact) mass is 332 g/mol. The molecular weight excluding hydrogens is 304 g/mol. The van der Waals surface area contributed by atoms with Crippen LogP contribution in [-0.2, 0) is 20.9 Å². The highest BCUT2D eigenvalue weighted by atomic mass is 16.5. The lowest BCUT2D eigenvalue weighted by Gasteiger charge is -2.05. The molecule has 0 N–H and O–H groups in total. The third-order valence-electron chi connectivity index (χ3n) is 3.47. The van der Waals surface area contributed by atoms with E-state index in [1.54, 1.807) is 18.6 Å². The van der Waals surface area contributed by atoms with Crippen LogP contribution >= 0.6 is 0 Å². The first kappa shape index (κ1) is 19.9. The van der Waals surface area contributed by atoms with E-state index in [1.807, 2.05) is 13.8 Å². The molecule has 4 nitrogen and oxygen atoms in total. The second-order valence-electron chi connectivity index (χ2n) is 6.63. The smallest absolute Gasteiger partial charge is 0.331 e. The zero-order valence-electron chi connectivity index (χ0n) is 15.1. The van der Waals surface area contributed by atoms with Crippen LogP contribution in [0.5, 0.6) is 0 Å². The van der Waals surface area contributed by atoms with Crippen LogP contribution in [0.3, 0.4) is 0 Å². The maximum atomic E-state index is 11.8. The van der Waals surface area contributed by atoms with Crippen molar-refractivity contribution < 1.29 is 18.7 Å². The van der Waals surface area contributed by atoms with Crippen LogP contribution in [0.15, 0.2) is 46.3 Å². The van der Waals surface area contributed by atoms with Gasteiger partial charge in [-0.15, -0.1) is 0 Å². The van der Waals surface area contributed by atoms with Gasteiger partial charge in [0.15, 0.2) is 0 Å². The Morgan fingerprint density at radius 1 is 1.25 bits per heavy atom. The van der Waals surface area contributed by atoms with Crippen molar-refractivity contribution in [1.29, 1.82) is 0 Å². The summed E-state index contributed by atoms with van der Waals surface area (Å²) >= 11 is 0. The molecule has 0 aliphatic heterocycles. The van der Waals surface area contributed by atoms with Crippen LogP contribution in [0, 0.1) is 5.92 Å². The lowest BCUT2D eigenvalue weighted by atomic mass is 10.0. The van der Waals surface area contributed by atoms with Gasteiger partial charge in [-0.05, 0) is 38.7 Å². The summed E-state index contributed by atoms with van der Waals surface area (Å²) < 4.78 is 10.1. The van der Waals surface area contributed by atoms with Gasteiger partial charge >= 0.3 is 5.97 Å². The van der Waals surface area contributed by atoms with E-state index in [9.17, 15) is 9.59 Å². The van der Waals surface area contributed by atoms with Crippen LogP contribution in [-0.4, -0.2) is 11.8 Å². The normalized spacial score (nSPS) is 12.5. The largest absolute Gasteiger partial charge is 0.472 e. The van der Waals surface area contributed by atoms with Crippen molar-refractivity contribution in [3.63, 3.8) is 0 Å². The van der Waals surface area contributed by atoms with Crippen molar-refractivity contribution in [2.45, 2.75) is 60.0 Å². The summed E-state index contributed by atoms with van der Waals surface area (Å²) in [5, 5.41) is 0. The Balaban J connectivity index is 2.30. The van der Waals surface area contributed by atoms with Gasteiger partial charge in [0.1, 0.15) is 12.4 Å². The van der Waals surface area contributed by atoms with E-state index >= 15 is 0 Å². The van der Waals surface area contributed by atoms with Crippen LogP contribution in [0.2, 0.25) is 0 Å². The van der Waals surface area contributed by atoms with E-state index < -0.39 is 0 Å². The molecule has 0 bridgehead atoms. The van der Waals surface area contributed by atoms with Crippen LogP contribution < -0.4 is 0 Å². The van der Waals surface area contributed by atoms with Gasteiger partial charge in [0.25, 0.3) is 0 Å². The molecule has 0 saturated heterocycles. The molecule has 0 saturated carbocycles. The van der Waals surface area contributed by atoms with Gasteiger partial charge in [-0.3, -0.25) is 4.79 Å². The first-order valence-electron chi connectivity index (χ1n) is 8.39. The predicted molar refractivity (Wildman–Crippen MR) is 94.3 cm³/mol. The molecule has 0 aliphatic rings. The lowest BCUT2D eigenvalue weighted by Crippen LogP contribution is -2.03. The molecule has 0 atom stereocenters. The summed E-state index contributed by atoms with van der Waals surface area (Å²) in [5.74, 6) is 0.346. The molecule has 1 aromatic heterocycles. The third-order valence-corrected chi connectivity index (χ3v) is 3.47. The summed E-state index contributed by atoms with van der Waals surface area (Å²) in [5.41, 5.74) is 2.89. The molecule has 0 aliphatic carbocycles. The number of ether oxygens (including phenoxy) is 1. The molecular formula is C20H28O4. The highest BCUT2D eigenvalue weighted by Crippen LogP contribution is 2.12. The minimum Gasteiger partial charge on any atom is -0.472 e. The van der Waals surface area contributed by atoms with Gasteiger partial charge in [0, 0.05) is 24.5 Å². The summed E-state index contributed by atoms with van der Waals surface area (Å²) in [7, 11) is 0. The minimum absolute atomic E-state index is 0.218. The van der Waals surface area contributed by atoms with Crippen LogP contribution in [0.25, 0.3) is 0 Å². The SMILES string of the molecule is C/C(=C\C(=O)OCc1ccoc1)CC/C=C(\C)CC(=O)CC(C)C. The highest BCUT2D eigenvalue weighted by Gasteiger charge is 2.06. The first-order chi connectivity index (χ1) is 11.4. The number of rotatable bonds is 10. The average molecular weight is 332 g/mol. The van der Waals surface area contributed by atoms with Crippen molar-refractivity contribution >= 4 is 11.8 Å². The van der Waals surface area contributed by atoms with Crippen LogP contribution in [0.1, 0.15) is 58.9 Å². The summed E-state index contributed by atoms with van der Waals surface area (Å²) in [6, 6.07) is 1.76. The van der Waals surface area contributed by atoms with Crippen molar-refractivity contribution in [3.8, 4) is 0 Å². The number of hydrogen-bond acceptors (Lipinski definition) is 4. The zero-order valence-corrected chi connectivity index (χ0v) is 15.1. The van der Waals surface area contributed by atoms with E-state index in [-0.39, 0.29) is 18.4 Å². The molecule has 1 aromatic rings. The molecule has 0 radical (unpaired) electrons. The fraction of sp³-hybridized carbons (Fsp3) is 0.500. The van der Waals surface area contributed by atoms with Crippen molar-refractivity contribution in [2.24, 2.45) is 5.92 Å². The Labute approximate surface area is 144 Å². The molecule has 1 rings (SSSR count). The zero-order chi connectivity index (χ0) is 17.9. The van der Waals surface area contributed by atoms with Gasteiger partial charge in [-0.1, -0.05) is 31.1 Å². The maximum absolute atomic E-state index is 11.8. The van der Waals surface area contributed by atoms with Crippen molar-refractivity contribution in [3.05, 3.63) is 47.5 Å². The van der Waals surface area contributed by atoms with Gasteiger partial charge in [-0.2, -0.15) is 0 Å². The number of esters is 1. The topological polar surface area (TPSA) is 56.5 Å². The number of Topliss-reactive ketones (excluding diaryl/α,β-unsaturated/α-hetero) is 1. The number of ketones is 1. The predicted octanol–water partition coefficient (Wildman–Crippen LogP) is 5.00. The Hall–Kier alpha value is -2.10. The molecule has 132 valence electrons. The fourth-order valence-corrected chi connectivity index (χ4v) is 2.30. The maximum Gasteiger partial charge on any atom is 0.331 e.